The van der Waals surface area contributed by atoms with E-state index in [-0.39, 0.29) is 0 Å². The van der Waals surface area contributed by atoms with Crippen LogP contribution in [0.4, 0.5) is 0 Å². The maximum atomic E-state index is 3.24. The van der Waals surface area contributed by atoms with Crippen molar-refractivity contribution in [3.8, 4) is 0 Å². The van der Waals surface area contributed by atoms with Gasteiger partial charge in [0.15, 0.2) is 0 Å². The standard InChI is InChI=1S/C10H22N2S/c1-9(7-11-4)12-5-6-13-10(2,3)8-12/h9,11H,5-8H2,1-4H3. The van der Waals surface area contributed by atoms with Crippen molar-refractivity contribution in [2.75, 3.05) is 32.4 Å². The van der Waals surface area contributed by atoms with Gasteiger partial charge in [-0.25, -0.2) is 0 Å². The van der Waals surface area contributed by atoms with E-state index in [2.05, 4.69) is 42.7 Å². The van der Waals surface area contributed by atoms with Crippen LogP contribution in [0.3, 0.4) is 0 Å². The molecule has 3 heteroatoms. The zero-order chi connectivity index (χ0) is 9.90. The van der Waals surface area contributed by atoms with E-state index in [1.54, 1.807) is 0 Å². The van der Waals surface area contributed by atoms with Crippen molar-refractivity contribution in [3.05, 3.63) is 0 Å². The van der Waals surface area contributed by atoms with Crippen LogP contribution in [0.2, 0.25) is 0 Å². The SMILES string of the molecule is CNCC(C)N1CCSC(C)(C)C1. The summed E-state index contributed by atoms with van der Waals surface area (Å²) in [6.07, 6.45) is 0. The molecule has 1 rings (SSSR count). The molecule has 78 valence electrons. The number of nitrogens with zero attached hydrogens (tertiary/aromatic N) is 1. The Morgan fingerprint density at radius 1 is 1.54 bits per heavy atom. The molecular formula is C10H22N2S. The van der Waals surface area contributed by atoms with E-state index in [1.165, 1.54) is 18.8 Å². The van der Waals surface area contributed by atoms with Gasteiger partial charge in [0.1, 0.15) is 0 Å². The molecule has 0 aromatic rings. The summed E-state index contributed by atoms with van der Waals surface area (Å²) in [5.74, 6) is 1.28. The van der Waals surface area contributed by atoms with Gasteiger partial charge in [0.25, 0.3) is 0 Å². The van der Waals surface area contributed by atoms with E-state index in [9.17, 15) is 0 Å². The molecule has 1 N–H and O–H groups in total. The molecule has 1 fully saturated rings. The molecule has 1 aliphatic heterocycles. The Labute approximate surface area is 86.5 Å². The van der Waals surface area contributed by atoms with Gasteiger partial charge >= 0.3 is 0 Å². The molecular weight excluding hydrogens is 180 g/mol. The lowest BCUT2D eigenvalue weighted by Crippen LogP contribution is -2.49. The van der Waals surface area contributed by atoms with Gasteiger partial charge in [-0.2, -0.15) is 11.8 Å². The van der Waals surface area contributed by atoms with Crippen LogP contribution in [-0.4, -0.2) is 48.1 Å². The van der Waals surface area contributed by atoms with Crippen LogP contribution in [0.25, 0.3) is 0 Å². The van der Waals surface area contributed by atoms with Gasteiger partial charge in [-0.1, -0.05) is 0 Å². The van der Waals surface area contributed by atoms with Gasteiger partial charge in [0.2, 0.25) is 0 Å². The van der Waals surface area contributed by atoms with Gasteiger partial charge in [-0.15, -0.1) is 0 Å². The van der Waals surface area contributed by atoms with Crippen LogP contribution < -0.4 is 5.32 Å². The second-order valence-electron chi connectivity index (χ2n) is 4.49. The predicted molar refractivity (Wildman–Crippen MR) is 61.5 cm³/mol. The monoisotopic (exact) mass is 202 g/mol. The van der Waals surface area contributed by atoms with Crippen molar-refractivity contribution in [2.24, 2.45) is 0 Å². The molecule has 0 aliphatic carbocycles. The van der Waals surface area contributed by atoms with Gasteiger partial charge in [-0.05, 0) is 27.8 Å². The third kappa shape index (κ3) is 3.49. The molecule has 0 radical (unpaired) electrons. The quantitative estimate of drug-likeness (QED) is 0.745. The van der Waals surface area contributed by atoms with Crippen molar-refractivity contribution < 1.29 is 0 Å². The number of thioether (sulfide) groups is 1. The number of rotatable bonds is 3. The Morgan fingerprint density at radius 2 is 2.23 bits per heavy atom. The molecule has 0 bridgehead atoms. The second kappa shape index (κ2) is 4.67. The Bertz CT molecular complexity index is 159. The molecule has 0 spiro atoms. The zero-order valence-corrected chi connectivity index (χ0v) is 10.1. The van der Waals surface area contributed by atoms with Gasteiger partial charge in [0, 0.05) is 36.2 Å². The Morgan fingerprint density at radius 3 is 2.77 bits per heavy atom. The lowest BCUT2D eigenvalue weighted by atomic mass is 10.1. The topological polar surface area (TPSA) is 15.3 Å². The number of likely N-dealkylation sites (N-methyl/N-ethyl adjacent to an activating group) is 1. The molecule has 1 atom stereocenters. The van der Waals surface area contributed by atoms with E-state index in [4.69, 9.17) is 0 Å². The molecule has 0 amide bonds. The summed E-state index contributed by atoms with van der Waals surface area (Å²) >= 11 is 2.10. The zero-order valence-electron chi connectivity index (χ0n) is 9.26. The maximum absolute atomic E-state index is 3.24. The van der Waals surface area contributed by atoms with E-state index in [0.717, 1.165) is 6.54 Å². The number of nitrogens with one attached hydrogen (secondary N) is 1. The summed E-state index contributed by atoms with van der Waals surface area (Å²) in [4.78, 5) is 2.59. The maximum Gasteiger partial charge on any atom is 0.0231 e. The highest BCUT2D eigenvalue weighted by molar-refractivity contribution is 8.00. The fraction of sp³-hybridized carbons (Fsp3) is 1.00. The Hall–Kier alpha value is 0.270. The first-order valence-corrected chi connectivity index (χ1v) is 6.06. The van der Waals surface area contributed by atoms with Crippen molar-refractivity contribution in [1.29, 1.82) is 0 Å². The average Bonchev–Trinajstić information content (AvgIpc) is 2.03. The predicted octanol–water partition coefficient (Wildman–Crippen LogP) is 1.42. The lowest BCUT2D eigenvalue weighted by molar-refractivity contribution is 0.197. The van der Waals surface area contributed by atoms with Crippen molar-refractivity contribution in [2.45, 2.75) is 31.6 Å². The van der Waals surface area contributed by atoms with Crippen molar-refractivity contribution >= 4 is 11.8 Å². The third-order valence-corrected chi connectivity index (χ3v) is 3.88. The summed E-state index contributed by atoms with van der Waals surface area (Å²) < 4.78 is 0.445. The van der Waals surface area contributed by atoms with Crippen LogP contribution in [0.1, 0.15) is 20.8 Å². The van der Waals surface area contributed by atoms with Gasteiger partial charge < -0.3 is 5.32 Å². The van der Waals surface area contributed by atoms with Crippen molar-refractivity contribution in [3.63, 3.8) is 0 Å². The molecule has 1 unspecified atom stereocenters. The van der Waals surface area contributed by atoms with E-state index < -0.39 is 0 Å². The largest absolute Gasteiger partial charge is 0.318 e. The summed E-state index contributed by atoms with van der Waals surface area (Å²) in [7, 11) is 2.03. The Balaban J connectivity index is 2.42. The third-order valence-electron chi connectivity index (χ3n) is 2.58. The minimum atomic E-state index is 0.445. The first-order valence-electron chi connectivity index (χ1n) is 5.08. The molecule has 0 aromatic heterocycles. The van der Waals surface area contributed by atoms with Crippen LogP contribution in [0.15, 0.2) is 0 Å². The molecule has 0 aromatic carbocycles. The number of hydrogen-bond donors (Lipinski definition) is 1. The summed E-state index contributed by atoms with van der Waals surface area (Å²) in [6.45, 7) is 10.6. The van der Waals surface area contributed by atoms with E-state index >= 15 is 0 Å². The molecule has 1 heterocycles. The van der Waals surface area contributed by atoms with Crippen LogP contribution >= 0.6 is 11.8 Å². The van der Waals surface area contributed by atoms with E-state index in [1.807, 2.05) is 7.05 Å². The highest BCUT2D eigenvalue weighted by Crippen LogP contribution is 2.30. The average molecular weight is 202 g/mol. The first kappa shape index (κ1) is 11.3. The smallest absolute Gasteiger partial charge is 0.0231 e. The molecule has 0 saturated carbocycles. The minimum absolute atomic E-state index is 0.445. The van der Waals surface area contributed by atoms with Crippen molar-refractivity contribution in [1.82, 2.24) is 10.2 Å². The summed E-state index contributed by atoms with van der Waals surface area (Å²) in [5, 5.41) is 3.24. The highest BCUT2D eigenvalue weighted by atomic mass is 32.2. The lowest BCUT2D eigenvalue weighted by Gasteiger charge is -2.40. The van der Waals surface area contributed by atoms with Crippen LogP contribution in [-0.2, 0) is 0 Å². The van der Waals surface area contributed by atoms with E-state index in [0.29, 0.717) is 10.8 Å². The minimum Gasteiger partial charge on any atom is -0.318 e. The fourth-order valence-corrected chi connectivity index (χ4v) is 2.99. The molecule has 1 aliphatic rings. The van der Waals surface area contributed by atoms with Gasteiger partial charge in [0.05, 0.1) is 0 Å². The Kier molecular flexibility index (Phi) is 4.07. The summed E-state index contributed by atoms with van der Waals surface area (Å²) in [6, 6.07) is 0.671. The van der Waals surface area contributed by atoms with Crippen LogP contribution in [0.5, 0.6) is 0 Å². The number of hydrogen-bond acceptors (Lipinski definition) is 3. The van der Waals surface area contributed by atoms with Gasteiger partial charge in [-0.3, -0.25) is 4.90 Å². The molecule has 13 heavy (non-hydrogen) atoms. The summed E-state index contributed by atoms with van der Waals surface area (Å²) in [5.41, 5.74) is 0. The fourth-order valence-electron chi connectivity index (χ4n) is 1.85. The van der Waals surface area contributed by atoms with Crippen LogP contribution in [0, 0.1) is 0 Å². The molecule has 1 saturated heterocycles. The second-order valence-corrected chi connectivity index (χ2v) is 6.29. The highest BCUT2D eigenvalue weighted by Gasteiger charge is 2.28. The normalized spacial score (nSPS) is 25.8. The molecule has 2 nitrogen and oxygen atoms in total. The first-order chi connectivity index (χ1) is 6.05.